The predicted octanol–water partition coefficient (Wildman–Crippen LogP) is -0.117. The number of aliphatic hydroxyl groups is 2. The van der Waals surface area contributed by atoms with Gasteiger partial charge in [0.1, 0.15) is 6.10 Å². The van der Waals surface area contributed by atoms with E-state index in [-0.39, 0.29) is 10.7 Å². The molecule has 0 aliphatic carbocycles. The second-order valence-electron chi connectivity index (χ2n) is 3.85. The average Bonchev–Trinajstić information content (AvgIpc) is 2.95. The van der Waals surface area contributed by atoms with Crippen molar-refractivity contribution in [2.45, 2.75) is 12.2 Å². The van der Waals surface area contributed by atoms with Crippen LogP contribution in [0.25, 0.3) is 5.82 Å². The molecule has 2 N–H and O–H groups in total. The normalized spacial score (nSPS) is 13.8. The molecule has 0 aliphatic rings. The Morgan fingerprint density at radius 3 is 2.75 bits per heavy atom. The lowest BCUT2D eigenvalue weighted by Gasteiger charge is -2.13. The summed E-state index contributed by atoms with van der Waals surface area (Å²) in [6, 6.07) is 3.11. The Hall–Kier alpha value is -2.03. The van der Waals surface area contributed by atoms with Crippen molar-refractivity contribution in [1.29, 1.82) is 0 Å². The first-order valence-electron chi connectivity index (χ1n) is 5.51. The summed E-state index contributed by atoms with van der Waals surface area (Å²) in [4.78, 5) is 11.1. The molecule has 2 unspecified atom stereocenters. The van der Waals surface area contributed by atoms with Crippen molar-refractivity contribution in [1.82, 2.24) is 20.0 Å². The lowest BCUT2D eigenvalue weighted by molar-refractivity contribution is -0.156. The summed E-state index contributed by atoms with van der Waals surface area (Å²) in [5.41, 5.74) is 0.236. The van der Waals surface area contributed by atoms with Crippen LogP contribution in [0, 0.1) is 0 Å². The van der Waals surface area contributed by atoms with Gasteiger partial charge < -0.3 is 14.9 Å². The first kappa shape index (κ1) is 14.4. The minimum absolute atomic E-state index is 0.236. The van der Waals surface area contributed by atoms with E-state index >= 15 is 0 Å². The van der Waals surface area contributed by atoms with E-state index in [4.69, 9.17) is 11.6 Å². The Morgan fingerprint density at radius 1 is 1.40 bits per heavy atom. The average molecular weight is 299 g/mol. The van der Waals surface area contributed by atoms with Crippen molar-refractivity contribution in [2.75, 3.05) is 7.11 Å². The Labute approximate surface area is 118 Å². The first-order chi connectivity index (χ1) is 9.52. The van der Waals surface area contributed by atoms with Crippen molar-refractivity contribution in [2.24, 2.45) is 0 Å². The Bertz CT molecular complexity index is 601. The molecule has 0 saturated carbocycles. The third kappa shape index (κ3) is 2.93. The molecule has 8 nitrogen and oxygen atoms in total. The van der Waals surface area contributed by atoms with Gasteiger partial charge in [0.05, 0.1) is 13.3 Å². The number of methoxy groups -OCH3 is 1. The maximum absolute atomic E-state index is 11.1. The highest BCUT2D eigenvalue weighted by Crippen LogP contribution is 2.18. The molecule has 106 valence electrons. The molecule has 0 aromatic carbocycles. The molecule has 2 rings (SSSR count). The Kier molecular flexibility index (Phi) is 4.28. The topological polar surface area (TPSA) is 110 Å². The van der Waals surface area contributed by atoms with E-state index in [1.165, 1.54) is 23.1 Å². The fraction of sp³-hybridized carbons (Fsp3) is 0.273. The van der Waals surface area contributed by atoms with Gasteiger partial charge in [0.2, 0.25) is 0 Å². The van der Waals surface area contributed by atoms with Crippen LogP contribution in [0.3, 0.4) is 0 Å². The molecule has 20 heavy (non-hydrogen) atoms. The molecule has 0 radical (unpaired) electrons. The largest absolute Gasteiger partial charge is 0.467 e. The highest BCUT2D eigenvalue weighted by Gasteiger charge is 2.27. The Morgan fingerprint density at radius 2 is 2.15 bits per heavy atom. The van der Waals surface area contributed by atoms with Gasteiger partial charge in [-0.3, -0.25) is 0 Å². The van der Waals surface area contributed by atoms with Gasteiger partial charge in [0.15, 0.2) is 17.1 Å². The van der Waals surface area contributed by atoms with Gasteiger partial charge >= 0.3 is 5.97 Å². The third-order valence-electron chi connectivity index (χ3n) is 2.54. The number of aromatic nitrogens is 4. The van der Waals surface area contributed by atoms with Crippen LogP contribution in [0.1, 0.15) is 11.7 Å². The number of carbonyl (C=O) groups excluding carboxylic acids is 1. The minimum Gasteiger partial charge on any atom is -0.467 e. The summed E-state index contributed by atoms with van der Waals surface area (Å²) in [7, 11) is 1.12. The van der Waals surface area contributed by atoms with E-state index in [1.54, 1.807) is 6.07 Å². The van der Waals surface area contributed by atoms with Crippen LogP contribution in [-0.2, 0) is 9.53 Å². The fourth-order valence-electron chi connectivity index (χ4n) is 1.48. The number of halogens is 1. The van der Waals surface area contributed by atoms with Gasteiger partial charge in [0.25, 0.3) is 0 Å². The molecule has 0 bridgehead atoms. The number of rotatable bonds is 4. The SMILES string of the molecule is COC(=O)C(O)C(O)c1cnn(-c2ccc(Cl)nn2)c1. The molecular weight excluding hydrogens is 288 g/mol. The van der Waals surface area contributed by atoms with Crippen molar-refractivity contribution < 1.29 is 19.7 Å². The zero-order chi connectivity index (χ0) is 14.7. The van der Waals surface area contributed by atoms with Gasteiger partial charge in [-0.25, -0.2) is 9.48 Å². The standard InChI is InChI=1S/C11H11ClN4O4/c1-20-11(19)10(18)9(17)6-4-13-16(5-6)8-3-2-7(12)14-15-8/h2-5,9-10,17-18H,1H3. The van der Waals surface area contributed by atoms with Gasteiger partial charge in [0, 0.05) is 11.8 Å². The van der Waals surface area contributed by atoms with E-state index in [2.05, 4.69) is 20.0 Å². The number of hydrogen-bond donors (Lipinski definition) is 2. The summed E-state index contributed by atoms with van der Waals surface area (Å²) < 4.78 is 5.67. The van der Waals surface area contributed by atoms with Crippen LogP contribution in [-0.4, -0.2) is 49.4 Å². The number of esters is 1. The second-order valence-corrected chi connectivity index (χ2v) is 4.23. The molecule has 0 spiro atoms. The summed E-state index contributed by atoms with van der Waals surface area (Å²) >= 11 is 5.62. The zero-order valence-corrected chi connectivity index (χ0v) is 11.1. The molecule has 2 atom stereocenters. The number of ether oxygens (including phenoxy) is 1. The molecule has 0 fully saturated rings. The Balaban J connectivity index is 2.20. The van der Waals surface area contributed by atoms with Crippen molar-refractivity contribution >= 4 is 17.6 Å². The smallest absolute Gasteiger partial charge is 0.337 e. The first-order valence-corrected chi connectivity index (χ1v) is 5.89. The molecule has 0 amide bonds. The fourth-order valence-corrected chi connectivity index (χ4v) is 1.58. The number of carbonyl (C=O) groups is 1. The molecule has 2 aromatic heterocycles. The van der Waals surface area contributed by atoms with Crippen LogP contribution in [0.4, 0.5) is 0 Å². The maximum Gasteiger partial charge on any atom is 0.337 e. The number of hydrogen-bond acceptors (Lipinski definition) is 7. The molecule has 9 heteroatoms. The van der Waals surface area contributed by atoms with Gasteiger partial charge in [-0.2, -0.15) is 5.10 Å². The van der Waals surface area contributed by atoms with Crippen molar-refractivity contribution in [3.8, 4) is 5.82 Å². The van der Waals surface area contributed by atoms with E-state index in [0.717, 1.165) is 7.11 Å². The highest BCUT2D eigenvalue weighted by atomic mass is 35.5. The monoisotopic (exact) mass is 298 g/mol. The molecule has 0 aliphatic heterocycles. The maximum atomic E-state index is 11.1. The van der Waals surface area contributed by atoms with Crippen LogP contribution in [0.15, 0.2) is 24.5 Å². The van der Waals surface area contributed by atoms with Crippen LogP contribution in [0.2, 0.25) is 5.15 Å². The van der Waals surface area contributed by atoms with E-state index in [9.17, 15) is 15.0 Å². The molecular formula is C11H11ClN4O4. The van der Waals surface area contributed by atoms with Crippen LogP contribution in [0.5, 0.6) is 0 Å². The summed E-state index contributed by atoms with van der Waals surface area (Å²) in [6.45, 7) is 0. The zero-order valence-electron chi connectivity index (χ0n) is 10.3. The lowest BCUT2D eigenvalue weighted by atomic mass is 10.1. The van der Waals surface area contributed by atoms with Crippen LogP contribution < -0.4 is 0 Å². The molecule has 2 heterocycles. The minimum atomic E-state index is -1.69. The van der Waals surface area contributed by atoms with E-state index in [0.29, 0.717) is 5.82 Å². The van der Waals surface area contributed by atoms with Gasteiger partial charge in [-0.15, -0.1) is 10.2 Å². The lowest BCUT2D eigenvalue weighted by Crippen LogP contribution is -2.28. The van der Waals surface area contributed by atoms with Gasteiger partial charge in [-0.05, 0) is 12.1 Å². The summed E-state index contributed by atoms with van der Waals surface area (Å²) in [5.74, 6) is -0.558. The van der Waals surface area contributed by atoms with Crippen molar-refractivity contribution in [3.05, 3.63) is 35.2 Å². The summed E-state index contributed by atoms with van der Waals surface area (Å²) in [6.07, 6.45) is -0.424. The second kappa shape index (κ2) is 5.95. The molecule has 2 aromatic rings. The van der Waals surface area contributed by atoms with Crippen molar-refractivity contribution in [3.63, 3.8) is 0 Å². The number of nitrogens with zero attached hydrogens (tertiary/aromatic N) is 4. The summed E-state index contributed by atoms with van der Waals surface area (Å²) in [5, 5.41) is 31.0. The third-order valence-corrected chi connectivity index (χ3v) is 2.74. The van der Waals surface area contributed by atoms with Crippen LogP contribution >= 0.6 is 11.6 Å². The predicted molar refractivity (Wildman–Crippen MR) is 67.1 cm³/mol. The van der Waals surface area contributed by atoms with Gasteiger partial charge in [-0.1, -0.05) is 11.6 Å². The van der Waals surface area contributed by atoms with E-state index in [1.807, 2.05) is 0 Å². The quantitative estimate of drug-likeness (QED) is 0.757. The molecule has 0 saturated heterocycles. The van der Waals surface area contributed by atoms with E-state index < -0.39 is 18.2 Å². The number of aliphatic hydroxyl groups excluding tert-OH is 2. The highest BCUT2D eigenvalue weighted by molar-refractivity contribution is 6.29.